The van der Waals surface area contributed by atoms with Gasteiger partial charge in [0.05, 0.1) is 16.8 Å². The molecule has 1 aliphatic carbocycles. The van der Waals surface area contributed by atoms with Gasteiger partial charge in [0.15, 0.2) is 0 Å². The van der Waals surface area contributed by atoms with E-state index in [9.17, 15) is 9.90 Å². The van der Waals surface area contributed by atoms with Crippen molar-refractivity contribution in [1.29, 1.82) is 0 Å². The van der Waals surface area contributed by atoms with Crippen LogP contribution >= 0.6 is 0 Å². The number of benzene rings is 1. The molecule has 0 bridgehead atoms. The van der Waals surface area contributed by atoms with E-state index in [-0.39, 0.29) is 5.41 Å². The summed E-state index contributed by atoms with van der Waals surface area (Å²) in [6.07, 6.45) is 1.77. The number of hydrogen-bond donors (Lipinski definition) is 1. The molecule has 3 heteroatoms. The van der Waals surface area contributed by atoms with Crippen molar-refractivity contribution in [3.63, 3.8) is 0 Å². The van der Waals surface area contributed by atoms with Crippen molar-refractivity contribution in [2.75, 3.05) is 0 Å². The number of aromatic nitrogens is 1. The lowest BCUT2D eigenvalue weighted by Crippen LogP contribution is -2.15. The quantitative estimate of drug-likeness (QED) is 0.848. The fourth-order valence-electron chi connectivity index (χ4n) is 3.02. The molecule has 1 aromatic carbocycles. The van der Waals surface area contributed by atoms with Crippen LogP contribution in [0.3, 0.4) is 0 Å². The maximum absolute atomic E-state index is 11.7. The van der Waals surface area contributed by atoms with Gasteiger partial charge in [-0.15, -0.1) is 0 Å². The normalized spacial score (nSPS) is 16.6. The molecule has 0 aliphatic heterocycles. The van der Waals surface area contributed by atoms with Gasteiger partial charge in [0.25, 0.3) is 0 Å². The van der Waals surface area contributed by atoms with Crippen molar-refractivity contribution in [2.45, 2.75) is 39.0 Å². The zero-order valence-electron chi connectivity index (χ0n) is 11.4. The third-order valence-electron chi connectivity index (χ3n) is 4.10. The monoisotopic (exact) mass is 255 g/mol. The lowest BCUT2D eigenvalue weighted by atomic mass is 9.89. The van der Waals surface area contributed by atoms with E-state index in [4.69, 9.17) is 4.98 Å². The summed E-state index contributed by atoms with van der Waals surface area (Å²) in [5.41, 5.74) is 4.16. The summed E-state index contributed by atoms with van der Waals surface area (Å²) in [4.78, 5) is 16.4. The van der Waals surface area contributed by atoms with Gasteiger partial charge in [0.1, 0.15) is 0 Å². The van der Waals surface area contributed by atoms with Crippen LogP contribution in [0.2, 0.25) is 0 Å². The Labute approximate surface area is 112 Å². The molecule has 1 aromatic heterocycles. The minimum absolute atomic E-state index is 0.0292. The van der Waals surface area contributed by atoms with Gasteiger partial charge in [-0.2, -0.15) is 0 Å². The average Bonchev–Trinajstić information content (AvgIpc) is 2.62. The second-order valence-electron chi connectivity index (χ2n) is 6.02. The highest BCUT2D eigenvalue weighted by molar-refractivity contribution is 6.04. The Hall–Kier alpha value is -1.90. The van der Waals surface area contributed by atoms with Gasteiger partial charge in [0, 0.05) is 10.8 Å². The number of pyridine rings is 1. The van der Waals surface area contributed by atoms with Crippen LogP contribution in [0.5, 0.6) is 0 Å². The third-order valence-corrected chi connectivity index (χ3v) is 4.10. The summed E-state index contributed by atoms with van der Waals surface area (Å²) in [6.45, 7) is 6.25. The fourth-order valence-corrected chi connectivity index (χ4v) is 3.02. The predicted octanol–water partition coefficient (Wildman–Crippen LogP) is 3.47. The summed E-state index contributed by atoms with van der Waals surface area (Å²) in [5, 5.41) is 10.3. The van der Waals surface area contributed by atoms with E-state index in [1.807, 2.05) is 25.1 Å². The highest BCUT2D eigenvalue weighted by atomic mass is 16.4. The van der Waals surface area contributed by atoms with Crippen LogP contribution in [0.1, 0.15) is 47.4 Å². The van der Waals surface area contributed by atoms with Crippen LogP contribution < -0.4 is 0 Å². The smallest absolute Gasteiger partial charge is 0.336 e. The van der Waals surface area contributed by atoms with Gasteiger partial charge in [0.2, 0.25) is 0 Å². The van der Waals surface area contributed by atoms with Crippen LogP contribution in [0.15, 0.2) is 18.2 Å². The number of hydrogen-bond acceptors (Lipinski definition) is 2. The molecule has 1 N–H and O–H groups in total. The molecule has 1 heterocycles. The molecular weight excluding hydrogens is 238 g/mol. The SMILES string of the molecule is Cc1ccc2nc3c(c(C(=O)O)c2c1)CCC3(C)C. The highest BCUT2D eigenvalue weighted by Crippen LogP contribution is 2.40. The Morgan fingerprint density at radius 2 is 2.11 bits per heavy atom. The Bertz CT molecular complexity index is 701. The summed E-state index contributed by atoms with van der Waals surface area (Å²) in [6, 6.07) is 5.83. The van der Waals surface area contributed by atoms with E-state index in [1.165, 1.54) is 0 Å². The summed E-state index contributed by atoms with van der Waals surface area (Å²) < 4.78 is 0. The maximum atomic E-state index is 11.7. The van der Waals surface area contributed by atoms with E-state index >= 15 is 0 Å². The first-order valence-corrected chi connectivity index (χ1v) is 6.57. The Balaban J connectivity index is 2.46. The fraction of sp³-hybridized carbons (Fsp3) is 0.375. The number of aromatic carboxylic acids is 1. The molecule has 19 heavy (non-hydrogen) atoms. The van der Waals surface area contributed by atoms with Crippen molar-refractivity contribution < 1.29 is 9.90 Å². The van der Waals surface area contributed by atoms with Crippen LogP contribution in [0.4, 0.5) is 0 Å². The number of rotatable bonds is 1. The van der Waals surface area contributed by atoms with Gasteiger partial charge in [-0.3, -0.25) is 4.98 Å². The number of carboxylic acids is 1. The third kappa shape index (κ3) is 1.72. The van der Waals surface area contributed by atoms with E-state index in [0.717, 1.165) is 40.6 Å². The highest BCUT2D eigenvalue weighted by Gasteiger charge is 2.35. The number of fused-ring (bicyclic) bond motifs is 2. The molecule has 0 atom stereocenters. The minimum atomic E-state index is -0.841. The molecule has 0 spiro atoms. The Kier molecular flexibility index (Phi) is 2.43. The van der Waals surface area contributed by atoms with Gasteiger partial charge >= 0.3 is 5.97 Å². The predicted molar refractivity (Wildman–Crippen MR) is 74.8 cm³/mol. The van der Waals surface area contributed by atoms with Gasteiger partial charge in [-0.1, -0.05) is 25.5 Å². The molecule has 0 radical (unpaired) electrons. The second-order valence-corrected chi connectivity index (χ2v) is 6.02. The molecule has 0 amide bonds. The first kappa shape index (κ1) is 12.2. The second kappa shape index (κ2) is 3.80. The van der Waals surface area contributed by atoms with E-state index < -0.39 is 5.97 Å². The summed E-state index contributed by atoms with van der Waals surface area (Å²) in [5.74, 6) is -0.841. The molecule has 2 aromatic rings. The zero-order chi connectivity index (χ0) is 13.8. The van der Waals surface area contributed by atoms with Crippen molar-refractivity contribution in [1.82, 2.24) is 4.98 Å². The molecule has 0 fully saturated rings. The van der Waals surface area contributed by atoms with E-state index in [0.29, 0.717) is 5.56 Å². The maximum Gasteiger partial charge on any atom is 0.336 e. The van der Waals surface area contributed by atoms with Gasteiger partial charge < -0.3 is 5.11 Å². The first-order valence-electron chi connectivity index (χ1n) is 6.57. The molecule has 0 saturated carbocycles. The summed E-state index contributed by atoms with van der Waals surface area (Å²) in [7, 11) is 0. The molecular formula is C16H17NO2. The molecule has 1 aliphatic rings. The molecule has 0 unspecified atom stereocenters. The number of aryl methyl sites for hydroxylation is 1. The van der Waals surface area contributed by atoms with Crippen LogP contribution in [0.25, 0.3) is 10.9 Å². The molecule has 3 nitrogen and oxygen atoms in total. The topological polar surface area (TPSA) is 50.2 Å². The largest absolute Gasteiger partial charge is 0.478 e. The van der Waals surface area contributed by atoms with Crippen molar-refractivity contribution in [2.24, 2.45) is 0 Å². The van der Waals surface area contributed by atoms with Gasteiger partial charge in [-0.25, -0.2) is 4.79 Å². The zero-order valence-corrected chi connectivity index (χ0v) is 11.4. The van der Waals surface area contributed by atoms with Gasteiger partial charge in [-0.05, 0) is 37.5 Å². The van der Waals surface area contributed by atoms with Crippen LogP contribution in [-0.4, -0.2) is 16.1 Å². The van der Waals surface area contributed by atoms with Crippen LogP contribution in [0, 0.1) is 6.92 Å². The Morgan fingerprint density at radius 1 is 1.37 bits per heavy atom. The lowest BCUT2D eigenvalue weighted by Gasteiger charge is -2.19. The van der Waals surface area contributed by atoms with E-state index in [1.54, 1.807) is 0 Å². The van der Waals surface area contributed by atoms with Crippen molar-refractivity contribution in [3.8, 4) is 0 Å². The molecule has 3 rings (SSSR count). The number of carboxylic acid groups (broad SMARTS) is 1. The average molecular weight is 255 g/mol. The standard InChI is InChI=1S/C16H17NO2/c1-9-4-5-12-11(8-9)13(15(18)19)10-6-7-16(2,3)14(10)17-12/h4-5,8H,6-7H2,1-3H3,(H,18,19). The van der Waals surface area contributed by atoms with Crippen molar-refractivity contribution in [3.05, 3.63) is 40.6 Å². The minimum Gasteiger partial charge on any atom is -0.478 e. The molecule has 0 saturated heterocycles. The van der Waals surface area contributed by atoms with E-state index in [2.05, 4.69) is 13.8 Å². The Morgan fingerprint density at radius 3 is 2.79 bits per heavy atom. The lowest BCUT2D eigenvalue weighted by molar-refractivity contribution is 0.0698. The number of carbonyl (C=O) groups is 1. The molecule has 98 valence electrons. The first-order chi connectivity index (χ1) is 8.90. The van der Waals surface area contributed by atoms with Crippen molar-refractivity contribution >= 4 is 16.9 Å². The number of nitrogens with zero attached hydrogens (tertiary/aromatic N) is 1. The van der Waals surface area contributed by atoms with Crippen LogP contribution in [-0.2, 0) is 11.8 Å². The summed E-state index contributed by atoms with van der Waals surface area (Å²) >= 11 is 0.